The minimum absolute atomic E-state index is 0.227. The third-order valence-electron chi connectivity index (χ3n) is 2.57. The van der Waals surface area contributed by atoms with E-state index in [9.17, 15) is 4.21 Å². The van der Waals surface area contributed by atoms with Gasteiger partial charge in [-0.15, -0.1) is 0 Å². The van der Waals surface area contributed by atoms with Crippen molar-refractivity contribution in [3.05, 3.63) is 53.6 Å². The second-order valence-corrected chi connectivity index (χ2v) is 5.19. The van der Waals surface area contributed by atoms with Crippen molar-refractivity contribution in [1.29, 1.82) is 10.5 Å². The molecular formula is C14H9N3OS. The fourth-order valence-electron chi connectivity index (χ4n) is 1.60. The van der Waals surface area contributed by atoms with E-state index in [1.807, 2.05) is 12.1 Å². The number of rotatable bonds is 2. The molecule has 5 heteroatoms. The summed E-state index contributed by atoms with van der Waals surface area (Å²) in [6.07, 6.45) is 0. The number of hydrogen-bond acceptors (Lipinski definition) is 4. The van der Waals surface area contributed by atoms with Crippen LogP contribution in [0.15, 0.2) is 52.3 Å². The second-order valence-electron chi connectivity index (χ2n) is 3.74. The molecule has 0 saturated carbocycles. The van der Waals surface area contributed by atoms with E-state index in [4.69, 9.17) is 16.3 Å². The first-order chi connectivity index (χ1) is 9.17. The van der Waals surface area contributed by atoms with E-state index < -0.39 is 10.8 Å². The summed E-state index contributed by atoms with van der Waals surface area (Å²) in [5.41, 5.74) is 6.72. The molecule has 1 atom stereocenters. The quantitative estimate of drug-likeness (QED) is 0.844. The van der Waals surface area contributed by atoms with Crippen molar-refractivity contribution in [3.8, 4) is 12.1 Å². The van der Waals surface area contributed by atoms with Crippen LogP contribution in [0.4, 0.5) is 5.69 Å². The summed E-state index contributed by atoms with van der Waals surface area (Å²) in [6, 6.07) is 15.2. The summed E-state index contributed by atoms with van der Waals surface area (Å²) in [5, 5.41) is 17.8. The second kappa shape index (κ2) is 5.34. The first-order valence-electron chi connectivity index (χ1n) is 5.38. The molecule has 4 nitrogen and oxygen atoms in total. The van der Waals surface area contributed by atoms with Crippen molar-refractivity contribution in [2.75, 3.05) is 5.73 Å². The average Bonchev–Trinajstić information content (AvgIpc) is 2.46. The van der Waals surface area contributed by atoms with Crippen molar-refractivity contribution in [2.24, 2.45) is 0 Å². The molecule has 0 unspecified atom stereocenters. The van der Waals surface area contributed by atoms with E-state index in [1.54, 1.807) is 42.5 Å². The van der Waals surface area contributed by atoms with Crippen LogP contribution in [-0.4, -0.2) is 4.21 Å². The lowest BCUT2D eigenvalue weighted by Crippen LogP contribution is -2.00. The first-order valence-corrected chi connectivity index (χ1v) is 6.53. The SMILES string of the molecule is N#Cc1ccc([S@](=O)c2cccc(N)c2C#N)cc1. The van der Waals surface area contributed by atoms with Gasteiger partial charge in [0.15, 0.2) is 0 Å². The number of nitrogens with zero attached hydrogens (tertiary/aromatic N) is 2. The van der Waals surface area contributed by atoms with Gasteiger partial charge in [-0.1, -0.05) is 6.07 Å². The van der Waals surface area contributed by atoms with Gasteiger partial charge in [0.05, 0.1) is 38.6 Å². The first kappa shape index (κ1) is 12.8. The van der Waals surface area contributed by atoms with E-state index in [1.165, 1.54) is 0 Å². The molecular weight excluding hydrogens is 258 g/mol. The van der Waals surface area contributed by atoms with Crippen LogP contribution in [0.2, 0.25) is 0 Å². The molecule has 0 radical (unpaired) electrons. The van der Waals surface area contributed by atoms with E-state index in [0.717, 1.165) is 0 Å². The van der Waals surface area contributed by atoms with Crippen LogP contribution < -0.4 is 5.73 Å². The zero-order valence-electron chi connectivity index (χ0n) is 9.83. The molecule has 0 aliphatic heterocycles. The van der Waals surface area contributed by atoms with Gasteiger partial charge in [-0.2, -0.15) is 10.5 Å². The standard InChI is InChI=1S/C14H9N3OS/c15-8-10-4-6-11(7-5-10)19(18)14-3-1-2-13(17)12(14)9-16/h1-7H,17H2/t19-/m0/s1. The number of nitrogens with two attached hydrogens (primary N) is 1. The number of nitrogen functional groups attached to an aromatic ring is 1. The van der Waals surface area contributed by atoms with Crippen LogP contribution in [0.5, 0.6) is 0 Å². The van der Waals surface area contributed by atoms with Crippen LogP contribution in [0.3, 0.4) is 0 Å². The summed E-state index contributed by atoms with van der Waals surface area (Å²) in [7, 11) is -1.49. The Balaban J connectivity index is 2.48. The van der Waals surface area contributed by atoms with Gasteiger partial charge in [0.1, 0.15) is 6.07 Å². The topological polar surface area (TPSA) is 90.7 Å². The van der Waals surface area contributed by atoms with Gasteiger partial charge >= 0.3 is 0 Å². The minimum Gasteiger partial charge on any atom is -0.398 e. The molecule has 2 aromatic rings. The van der Waals surface area contributed by atoms with Crippen LogP contribution in [0.1, 0.15) is 11.1 Å². The van der Waals surface area contributed by atoms with Gasteiger partial charge in [-0.25, -0.2) is 4.21 Å². The van der Waals surface area contributed by atoms with Gasteiger partial charge in [0.25, 0.3) is 0 Å². The van der Waals surface area contributed by atoms with Crippen molar-refractivity contribution >= 4 is 16.5 Å². The number of hydrogen-bond donors (Lipinski definition) is 1. The highest BCUT2D eigenvalue weighted by atomic mass is 32.2. The molecule has 0 fully saturated rings. The third kappa shape index (κ3) is 2.47. The highest BCUT2D eigenvalue weighted by Gasteiger charge is 2.14. The number of nitriles is 2. The Kier molecular flexibility index (Phi) is 3.61. The fourth-order valence-corrected chi connectivity index (χ4v) is 2.79. The van der Waals surface area contributed by atoms with Crippen molar-refractivity contribution in [2.45, 2.75) is 9.79 Å². The van der Waals surface area contributed by atoms with Gasteiger partial charge < -0.3 is 5.73 Å². The molecule has 0 aliphatic rings. The predicted molar refractivity (Wildman–Crippen MR) is 71.4 cm³/mol. The van der Waals surface area contributed by atoms with Crippen LogP contribution in [0.25, 0.3) is 0 Å². The zero-order chi connectivity index (χ0) is 13.8. The summed E-state index contributed by atoms with van der Waals surface area (Å²) in [6.45, 7) is 0. The Labute approximate surface area is 113 Å². The molecule has 0 heterocycles. The molecule has 19 heavy (non-hydrogen) atoms. The van der Waals surface area contributed by atoms with E-state index in [2.05, 4.69) is 0 Å². The van der Waals surface area contributed by atoms with Crippen LogP contribution in [0, 0.1) is 22.7 Å². The Bertz CT molecular complexity index is 724. The van der Waals surface area contributed by atoms with Gasteiger partial charge in [0, 0.05) is 4.90 Å². The third-order valence-corrected chi connectivity index (χ3v) is 4.01. The molecule has 0 bridgehead atoms. The van der Waals surface area contributed by atoms with Crippen LogP contribution in [-0.2, 0) is 10.8 Å². The van der Waals surface area contributed by atoms with Crippen molar-refractivity contribution in [3.63, 3.8) is 0 Å². The van der Waals surface area contributed by atoms with E-state index in [-0.39, 0.29) is 5.56 Å². The fraction of sp³-hybridized carbons (Fsp3) is 0. The van der Waals surface area contributed by atoms with Crippen LogP contribution >= 0.6 is 0 Å². The van der Waals surface area contributed by atoms with Gasteiger partial charge in [-0.3, -0.25) is 0 Å². The molecule has 2 rings (SSSR count). The Morgan fingerprint density at radius 3 is 2.26 bits per heavy atom. The summed E-state index contributed by atoms with van der Waals surface area (Å²) >= 11 is 0. The molecule has 0 aliphatic carbocycles. The average molecular weight is 267 g/mol. The molecule has 0 saturated heterocycles. The Morgan fingerprint density at radius 2 is 1.68 bits per heavy atom. The van der Waals surface area contributed by atoms with Gasteiger partial charge in [-0.05, 0) is 36.4 Å². The monoisotopic (exact) mass is 267 g/mol. The Morgan fingerprint density at radius 1 is 1.00 bits per heavy atom. The van der Waals surface area contributed by atoms with Crippen molar-refractivity contribution < 1.29 is 4.21 Å². The molecule has 0 spiro atoms. The highest BCUT2D eigenvalue weighted by Crippen LogP contribution is 2.23. The summed E-state index contributed by atoms with van der Waals surface area (Å²) < 4.78 is 12.4. The normalized spacial score (nSPS) is 11.3. The molecule has 0 aromatic heterocycles. The zero-order valence-corrected chi connectivity index (χ0v) is 10.6. The maximum absolute atomic E-state index is 12.4. The van der Waals surface area contributed by atoms with E-state index >= 15 is 0 Å². The highest BCUT2D eigenvalue weighted by molar-refractivity contribution is 7.85. The number of benzene rings is 2. The maximum Gasteiger partial charge on any atom is 0.103 e. The maximum atomic E-state index is 12.4. The largest absolute Gasteiger partial charge is 0.398 e. The minimum atomic E-state index is -1.49. The lowest BCUT2D eigenvalue weighted by molar-refractivity contribution is 0.683. The molecule has 2 N–H and O–H groups in total. The smallest absolute Gasteiger partial charge is 0.103 e. The molecule has 0 amide bonds. The molecule has 2 aromatic carbocycles. The van der Waals surface area contributed by atoms with Crippen molar-refractivity contribution in [1.82, 2.24) is 0 Å². The summed E-state index contributed by atoms with van der Waals surface area (Å²) in [4.78, 5) is 0.910. The molecule has 92 valence electrons. The van der Waals surface area contributed by atoms with Gasteiger partial charge in [0.2, 0.25) is 0 Å². The number of anilines is 1. The van der Waals surface area contributed by atoms with E-state index in [0.29, 0.717) is 21.0 Å². The summed E-state index contributed by atoms with van der Waals surface area (Å²) in [5.74, 6) is 0. The lowest BCUT2D eigenvalue weighted by Gasteiger charge is -2.06. The predicted octanol–water partition coefficient (Wildman–Crippen LogP) is 2.18. The lowest BCUT2D eigenvalue weighted by atomic mass is 10.2. The Hall–Kier alpha value is -2.63.